The molecular weight excluding hydrogens is 210 g/mol. The van der Waals surface area contributed by atoms with Crippen molar-refractivity contribution in [3.63, 3.8) is 0 Å². The van der Waals surface area contributed by atoms with E-state index in [4.69, 9.17) is 16.8 Å². The van der Waals surface area contributed by atoms with E-state index in [0.717, 1.165) is 23.4 Å². The minimum atomic E-state index is 0.687. The molecule has 3 heteroatoms. The predicted molar refractivity (Wildman–Crippen MR) is 64.6 cm³/mol. The number of hydrogen-bond acceptors (Lipinski definition) is 2. The first-order valence-electron chi connectivity index (χ1n) is 4.91. The number of hydrogen-bond donors (Lipinski definition) is 1. The molecule has 0 aliphatic carbocycles. The van der Waals surface area contributed by atoms with Gasteiger partial charge in [0.25, 0.3) is 0 Å². The van der Waals surface area contributed by atoms with Gasteiger partial charge in [-0.05, 0) is 30.2 Å². The van der Waals surface area contributed by atoms with Crippen LogP contribution >= 0.6 is 11.6 Å². The Labute approximate surface area is 94.9 Å². The van der Waals surface area contributed by atoms with Crippen LogP contribution in [0.5, 0.6) is 0 Å². The van der Waals surface area contributed by atoms with Gasteiger partial charge in [0.15, 0.2) is 0 Å². The largest absolute Gasteiger partial charge is 0.411 e. The molecule has 1 aromatic rings. The van der Waals surface area contributed by atoms with E-state index in [1.54, 1.807) is 0 Å². The predicted octanol–water partition coefficient (Wildman–Crippen LogP) is 3.98. The number of halogens is 1. The normalized spacial score (nSPS) is 12.3. The Morgan fingerprint density at radius 3 is 2.60 bits per heavy atom. The van der Waals surface area contributed by atoms with E-state index in [2.05, 4.69) is 5.16 Å². The molecule has 0 unspecified atom stereocenters. The van der Waals surface area contributed by atoms with Gasteiger partial charge in [0, 0.05) is 5.02 Å². The summed E-state index contributed by atoms with van der Waals surface area (Å²) in [5, 5.41) is 12.6. The molecule has 1 aromatic carbocycles. The van der Waals surface area contributed by atoms with Crippen molar-refractivity contribution in [1.29, 1.82) is 0 Å². The van der Waals surface area contributed by atoms with Crippen molar-refractivity contribution in [2.75, 3.05) is 0 Å². The fraction of sp³-hybridized carbons (Fsp3) is 0.250. The molecule has 0 aliphatic heterocycles. The summed E-state index contributed by atoms with van der Waals surface area (Å²) in [6.45, 7) is 2.04. The van der Waals surface area contributed by atoms with Crippen LogP contribution in [0.1, 0.15) is 25.3 Å². The third kappa shape index (κ3) is 4.17. The molecule has 1 rings (SSSR count). The number of benzene rings is 1. The van der Waals surface area contributed by atoms with Gasteiger partial charge in [0.2, 0.25) is 0 Å². The van der Waals surface area contributed by atoms with Gasteiger partial charge in [-0.25, -0.2) is 0 Å². The van der Waals surface area contributed by atoms with Crippen LogP contribution in [-0.4, -0.2) is 10.9 Å². The average molecular weight is 224 g/mol. The van der Waals surface area contributed by atoms with Crippen LogP contribution in [0.25, 0.3) is 6.08 Å². The summed E-state index contributed by atoms with van der Waals surface area (Å²) in [4.78, 5) is 0. The molecule has 0 spiro atoms. The van der Waals surface area contributed by atoms with Gasteiger partial charge in [-0.15, -0.1) is 0 Å². The molecule has 0 fully saturated rings. The first kappa shape index (κ1) is 11.8. The molecule has 0 atom stereocenters. The maximum atomic E-state index is 8.69. The highest BCUT2D eigenvalue weighted by molar-refractivity contribution is 6.30. The highest BCUT2D eigenvalue weighted by Gasteiger charge is 1.93. The fourth-order valence-electron chi connectivity index (χ4n) is 1.19. The lowest BCUT2D eigenvalue weighted by molar-refractivity contribution is 0.318. The van der Waals surface area contributed by atoms with Gasteiger partial charge >= 0.3 is 0 Å². The molecule has 1 N–H and O–H groups in total. The molecule has 0 saturated heterocycles. The minimum Gasteiger partial charge on any atom is -0.411 e. The van der Waals surface area contributed by atoms with Crippen molar-refractivity contribution in [1.82, 2.24) is 0 Å². The maximum Gasteiger partial charge on any atom is 0.0795 e. The summed E-state index contributed by atoms with van der Waals surface area (Å²) in [6, 6.07) is 7.49. The van der Waals surface area contributed by atoms with Crippen molar-refractivity contribution < 1.29 is 5.21 Å². The van der Waals surface area contributed by atoms with Gasteiger partial charge in [0.05, 0.1) is 5.71 Å². The highest BCUT2D eigenvalue weighted by Crippen LogP contribution is 2.10. The first-order valence-corrected chi connectivity index (χ1v) is 5.28. The van der Waals surface area contributed by atoms with Crippen molar-refractivity contribution in [3.05, 3.63) is 40.9 Å². The maximum absolute atomic E-state index is 8.69. The van der Waals surface area contributed by atoms with Gasteiger partial charge < -0.3 is 5.21 Å². The van der Waals surface area contributed by atoms with Gasteiger partial charge in [-0.3, -0.25) is 0 Å². The van der Waals surface area contributed by atoms with E-state index < -0.39 is 0 Å². The zero-order chi connectivity index (χ0) is 11.1. The molecule has 0 amide bonds. The smallest absolute Gasteiger partial charge is 0.0795 e. The quantitative estimate of drug-likeness (QED) is 0.467. The number of allylic oxidation sites excluding steroid dienone is 1. The van der Waals surface area contributed by atoms with Crippen LogP contribution in [0, 0.1) is 0 Å². The van der Waals surface area contributed by atoms with E-state index in [1.807, 2.05) is 43.3 Å². The van der Waals surface area contributed by atoms with E-state index in [1.165, 1.54) is 0 Å². The molecule has 0 heterocycles. The van der Waals surface area contributed by atoms with E-state index in [0.29, 0.717) is 5.71 Å². The Balaban J connectivity index is 2.68. The third-order valence-corrected chi connectivity index (χ3v) is 2.22. The van der Waals surface area contributed by atoms with Crippen LogP contribution in [0.2, 0.25) is 5.02 Å². The molecule has 0 radical (unpaired) electrons. The Kier molecular flexibility index (Phi) is 4.91. The molecule has 80 valence electrons. The van der Waals surface area contributed by atoms with Crippen molar-refractivity contribution in [2.24, 2.45) is 5.16 Å². The molecular formula is C12H14ClNO. The van der Waals surface area contributed by atoms with Crippen LogP contribution < -0.4 is 0 Å². The van der Waals surface area contributed by atoms with Crippen LogP contribution in [0.3, 0.4) is 0 Å². The fourth-order valence-corrected chi connectivity index (χ4v) is 1.32. The highest BCUT2D eigenvalue weighted by atomic mass is 35.5. The van der Waals surface area contributed by atoms with Crippen molar-refractivity contribution >= 4 is 23.4 Å². The summed E-state index contributed by atoms with van der Waals surface area (Å²) >= 11 is 5.76. The second-order valence-corrected chi connectivity index (χ2v) is 3.66. The zero-order valence-electron chi connectivity index (χ0n) is 8.65. The molecule has 15 heavy (non-hydrogen) atoms. The standard InChI is InChI=1S/C12H14ClNO/c1-2-3-12(14-15)9-6-10-4-7-11(13)8-5-10/h4-9,15H,2-3H2,1H3/b9-6+,14-12+. The molecule has 0 bridgehead atoms. The number of oxime groups is 1. The van der Waals surface area contributed by atoms with Gasteiger partial charge in [-0.1, -0.05) is 48.3 Å². The van der Waals surface area contributed by atoms with Gasteiger partial charge in [-0.2, -0.15) is 0 Å². The average Bonchev–Trinajstić information content (AvgIpc) is 2.26. The lowest BCUT2D eigenvalue weighted by Crippen LogP contribution is -1.91. The number of nitrogens with zero attached hydrogens (tertiary/aromatic N) is 1. The van der Waals surface area contributed by atoms with Crippen molar-refractivity contribution in [2.45, 2.75) is 19.8 Å². The molecule has 0 saturated carbocycles. The molecule has 0 aromatic heterocycles. The van der Waals surface area contributed by atoms with E-state index >= 15 is 0 Å². The van der Waals surface area contributed by atoms with Crippen LogP contribution in [0.4, 0.5) is 0 Å². The van der Waals surface area contributed by atoms with E-state index in [-0.39, 0.29) is 0 Å². The monoisotopic (exact) mass is 223 g/mol. The number of rotatable bonds is 4. The van der Waals surface area contributed by atoms with Crippen LogP contribution in [0.15, 0.2) is 35.5 Å². The summed E-state index contributed by atoms with van der Waals surface area (Å²) in [5.74, 6) is 0. The lowest BCUT2D eigenvalue weighted by atomic mass is 10.1. The third-order valence-electron chi connectivity index (χ3n) is 1.97. The van der Waals surface area contributed by atoms with Crippen LogP contribution in [-0.2, 0) is 0 Å². The molecule has 0 aliphatic rings. The summed E-state index contributed by atoms with van der Waals surface area (Å²) < 4.78 is 0. The Morgan fingerprint density at radius 1 is 1.40 bits per heavy atom. The SMILES string of the molecule is CCCC(/C=C/c1ccc(Cl)cc1)=N\O. The molecule has 2 nitrogen and oxygen atoms in total. The second-order valence-electron chi connectivity index (χ2n) is 3.23. The topological polar surface area (TPSA) is 32.6 Å². The second kappa shape index (κ2) is 6.25. The van der Waals surface area contributed by atoms with Crippen molar-refractivity contribution in [3.8, 4) is 0 Å². The Hall–Kier alpha value is -1.28. The summed E-state index contributed by atoms with van der Waals surface area (Å²) in [7, 11) is 0. The first-order chi connectivity index (χ1) is 7.26. The summed E-state index contributed by atoms with van der Waals surface area (Å²) in [6.07, 6.45) is 5.46. The van der Waals surface area contributed by atoms with Gasteiger partial charge in [0.1, 0.15) is 0 Å². The van der Waals surface area contributed by atoms with E-state index in [9.17, 15) is 0 Å². The minimum absolute atomic E-state index is 0.687. The summed E-state index contributed by atoms with van der Waals surface area (Å²) in [5.41, 5.74) is 1.73. The Bertz CT molecular complexity index is 354. The lowest BCUT2D eigenvalue weighted by Gasteiger charge is -1.96. The zero-order valence-corrected chi connectivity index (χ0v) is 9.41. The Morgan fingerprint density at radius 2 is 2.07 bits per heavy atom.